The number of ketones is 1. The Morgan fingerprint density at radius 2 is 1.76 bits per heavy atom. The lowest BCUT2D eigenvalue weighted by Crippen LogP contribution is -2.31. The van der Waals surface area contributed by atoms with E-state index in [2.05, 4.69) is 13.8 Å². The smallest absolute Gasteiger partial charge is 0.295 e. The van der Waals surface area contributed by atoms with E-state index in [0.717, 1.165) is 0 Å². The van der Waals surface area contributed by atoms with E-state index in [4.69, 9.17) is 14.2 Å². The number of Topliss-reactive ketones (excluding diaryl/α,β-unsaturated/α-hetero) is 1. The zero-order chi connectivity index (χ0) is 24.7. The first-order valence-corrected chi connectivity index (χ1v) is 11.6. The van der Waals surface area contributed by atoms with E-state index in [1.165, 1.54) is 4.90 Å². The molecule has 34 heavy (non-hydrogen) atoms. The number of rotatable bonds is 11. The van der Waals surface area contributed by atoms with E-state index in [9.17, 15) is 14.7 Å². The number of amides is 1. The second-order valence-electron chi connectivity index (χ2n) is 8.54. The highest BCUT2D eigenvalue weighted by Crippen LogP contribution is 2.42. The van der Waals surface area contributed by atoms with E-state index >= 15 is 0 Å². The Bertz CT molecular complexity index is 1030. The summed E-state index contributed by atoms with van der Waals surface area (Å²) in [5, 5.41) is 11.2. The molecule has 1 saturated heterocycles. The van der Waals surface area contributed by atoms with Gasteiger partial charge in [-0.15, -0.1) is 0 Å². The molecule has 0 aromatic heterocycles. The molecule has 7 nitrogen and oxygen atoms in total. The van der Waals surface area contributed by atoms with Gasteiger partial charge in [0.15, 0.2) is 0 Å². The lowest BCUT2D eigenvalue weighted by Gasteiger charge is -2.26. The molecule has 1 aliphatic rings. The van der Waals surface area contributed by atoms with Crippen LogP contribution in [0.15, 0.2) is 54.1 Å². The maximum atomic E-state index is 13.2. The fourth-order valence-electron chi connectivity index (χ4n) is 3.93. The number of carbonyl (C=O) groups is 2. The van der Waals surface area contributed by atoms with Gasteiger partial charge in [0, 0.05) is 31.4 Å². The van der Waals surface area contributed by atoms with Gasteiger partial charge in [-0.05, 0) is 49.6 Å². The highest BCUT2D eigenvalue weighted by Gasteiger charge is 2.46. The molecule has 0 spiro atoms. The predicted octanol–water partition coefficient (Wildman–Crippen LogP) is 4.58. The highest BCUT2D eigenvalue weighted by atomic mass is 16.5. The van der Waals surface area contributed by atoms with Crippen molar-refractivity contribution in [2.24, 2.45) is 5.92 Å². The number of hydrogen-bond donors (Lipinski definition) is 1. The van der Waals surface area contributed by atoms with Gasteiger partial charge < -0.3 is 24.2 Å². The Morgan fingerprint density at radius 1 is 1.06 bits per heavy atom. The first kappa shape index (κ1) is 25.3. The van der Waals surface area contributed by atoms with E-state index in [1.807, 2.05) is 25.1 Å². The predicted molar refractivity (Wildman–Crippen MR) is 130 cm³/mol. The molecule has 1 N–H and O–H groups in total. The SMILES string of the molecule is CCOc1ccccc1C1/C(=C(\O)c2ccc(OCC(C)C)cc2)C(=O)C(=O)N1CCCOC. The van der Waals surface area contributed by atoms with E-state index < -0.39 is 17.7 Å². The highest BCUT2D eigenvalue weighted by molar-refractivity contribution is 6.46. The number of ether oxygens (including phenoxy) is 3. The van der Waals surface area contributed by atoms with Gasteiger partial charge in [0.2, 0.25) is 0 Å². The van der Waals surface area contributed by atoms with Crippen LogP contribution in [0.25, 0.3) is 5.76 Å². The van der Waals surface area contributed by atoms with Gasteiger partial charge in [-0.2, -0.15) is 0 Å². The number of benzene rings is 2. The van der Waals surface area contributed by atoms with Crippen molar-refractivity contribution in [1.82, 2.24) is 4.90 Å². The van der Waals surface area contributed by atoms with Crippen LogP contribution in [0.5, 0.6) is 11.5 Å². The van der Waals surface area contributed by atoms with Crippen LogP contribution in [0, 0.1) is 5.92 Å². The van der Waals surface area contributed by atoms with Crippen LogP contribution < -0.4 is 9.47 Å². The molecule has 0 radical (unpaired) electrons. The quantitative estimate of drug-likeness (QED) is 0.225. The molecule has 1 aliphatic heterocycles. The molecule has 7 heteroatoms. The molecular formula is C27H33NO6. The molecule has 1 amide bonds. The monoisotopic (exact) mass is 467 g/mol. The van der Waals surface area contributed by atoms with E-state index in [-0.39, 0.29) is 11.3 Å². The molecule has 1 atom stereocenters. The summed E-state index contributed by atoms with van der Waals surface area (Å²) >= 11 is 0. The van der Waals surface area contributed by atoms with Crippen LogP contribution in [0.3, 0.4) is 0 Å². The van der Waals surface area contributed by atoms with Crippen LogP contribution >= 0.6 is 0 Å². The Morgan fingerprint density at radius 3 is 2.41 bits per heavy atom. The lowest BCUT2D eigenvalue weighted by atomic mass is 9.94. The van der Waals surface area contributed by atoms with Gasteiger partial charge in [-0.3, -0.25) is 9.59 Å². The minimum absolute atomic E-state index is 0.0467. The summed E-state index contributed by atoms with van der Waals surface area (Å²) in [7, 11) is 1.59. The molecule has 1 unspecified atom stereocenters. The van der Waals surface area contributed by atoms with Gasteiger partial charge in [-0.25, -0.2) is 0 Å². The summed E-state index contributed by atoms with van der Waals surface area (Å²) in [6.07, 6.45) is 0.554. The summed E-state index contributed by atoms with van der Waals surface area (Å²) in [6.45, 7) is 7.75. The van der Waals surface area contributed by atoms with Crippen molar-refractivity contribution in [3.8, 4) is 11.5 Å². The van der Waals surface area contributed by atoms with Crippen LogP contribution in [-0.4, -0.2) is 55.2 Å². The number of aliphatic hydroxyl groups excluding tert-OH is 1. The molecule has 2 aromatic rings. The number of aliphatic hydroxyl groups is 1. The molecule has 182 valence electrons. The average molecular weight is 468 g/mol. The fraction of sp³-hybridized carbons (Fsp3) is 0.407. The molecule has 0 saturated carbocycles. The summed E-state index contributed by atoms with van der Waals surface area (Å²) < 4.78 is 16.6. The van der Waals surface area contributed by atoms with Crippen LogP contribution in [0.2, 0.25) is 0 Å². The van der Waals surface area contributed by atoms with Crippen molar-refractivity contribution in [3.63, 3.8) is 0 Å². The molecule has 0 aliphatic carbocycles. The summed E-state index contributed by atoms with van der Waals surface area (Å²) in [4.78, 5) is 27.7. The number of hydrogen-bond acceptors (Lipinski definition) is 6. The maximum Gasteiger partial charge on any atom is 0.295 e. The Kier molecular flexibility index (Phi) is 8.71. The second kappa shape index (κ2) is 11.7. The van der Waals surface area contributed by atoms with Gasteiger partial charge in [-0.1, -0.05) is 32.0 Å². The van der Waals surface area contributed by atoms with E-state index in [1.54, 1.807) is 37.4 Å². The first-order chi connectivity index (χ1) is 16.4. The van der Waals surface area contributed by atoms with Crippen LogP contribution in [0.1, 0.15) is 44.4 Å². The molecule has 1 fully saturated rings. The van der Waals surface area contributed by atoms with Crippen molar-refractivity contribution < 1.29 is 28.9 Å². The van der Waals surface area contributed by atoms with Crippen molar-refractivity contribution in [3.05, 3.63) is 65.2 Å². The lowest BCUT2D eigenvalue weighted by molar-refractivity contribution is -0.140. The number of para-hydroxylation sites is 1. The third-order valence-electron chi connectivity index (χ3n) is 5.51. The number of likely N-dealkylation sites (tertiary alicyclic amines) is 1. The average Bonchev–Trinajstić information content (AvgIpc) is 3.08. The summed E-state index contributed by atoms with van der Waals surface area (Å²) in [6, 6.07) is 13.4. The minimum Gasteiger partial charge on any atom is -0.507 e. The van der Waals surface area contributed by atoms with Gasteiger partial charge in [0.25, 0.3) is 11.7 Å². The van der Waals surface area contributed by atoms with Gasteiger partial charge in [0.05, 0.1) is 24.8 Å². The van der Waals surface area contributed by atoms with Crippen LogP contribution in [0.4, 0.5) is 0 Å². The summed E-state index contributed by atoms with van der Waals surface area (Å²) in [5.41, 5.74) is 1.13. The zero-order valence-corrected chi connectivity index (χ0v) is 20.2. The summed E-state index contributed by atoms with van der Waals surface area (Å²) in [5.74, 6) is 0.0320. The largest absolute Gasteiger partial charge is 0.507 e. The number of nitrogens with zero attached hydrogens (tertiary/aromatic N) is 1. The van der Waals surface area contributed by atoms with Crippen molar-refractivity contribution in [2.45, 2.75) is 33.2 Å². The second-order valence-corrected chi connectivity index (χ2v) is 8.54. The molecule has 2 aromatic carbocycles. The number of methoxy groups -OCH3 is 1. The Balaban J connectivity index is 2.06. The van der Waals surface area contributed by atoms with Crippen LogP contribution in [-0.2, 0) is 14.3 Å². The van der Waals surface area contributed by atoms with Crippen molar-refractivity contribution in [2.75, 3.05) is 33.5 Å². The third-order valence-corrected chi connectivity index (χ3v) is 5.51. The zero-order valence-electron chi connectivity index (χ0n) is 20.2. The molecule has 0 bridgehead atoms. The minimum atomic E-state index is -0.767. The normalized spacial score (nSPS) is 17.4. The van der Waals surface area contributed by atoms with Gasteiger partial charge >= 0.3 is 0 Å². The standard InChI is InChI=1S/C27H33NO6/c1-5-33-22-10-7-6-9-21(22)24-23(26(30)27(31)28(24)15-8-16-32-4)25(29)19-11-13-20(14-12-19)34-17-18(2)3/h6-7,9-14,18,24,29H,5,8,15-17H2,1-4H3/b25-23+. The maximum absolute atomic E-state index is 13.2. The topological polar surface area (TPSA) is 85.3 Å². The Labute approximate surface area is 200 Å². The van der Waals surface area contributed by atoms with Gasteiger partial charge in [0.1, 0.15) is 17.3 Å². The molecular weight excluding hydrogens is 434 g/mol. The Hall–Kier alpha value is -3.32. The van der Waals surface area contributed by atoms with Crippen molar-refractivity contribution >= 4 is 17.4 Å². The first-order valence-electron chi connectivity index (χ1n) is 11.6. The molecule has 1 heterocycles. The number of carbonyl (C=O) groups excluding carboxylic acids is 2. The molecule has 3 rings (SSSR count). The van der Waals surface area contributed by atoms with E-state index in [0.29, 0.717) is 61.3 Å². The fourth-order valence-corrected chi connectivity index (χ4v) is 3.93. The third kappa shape index (κ3) is 5.59. The van der Waals surface area contributed by atoms with Crippen molar-refractivity contribution in [1.29, 1.82) is 0 Å².